The summed E-state index contributed by atoms with van der Waals surface area (Å²) in [4.78, 5) is 21.0. The highest BCUT2D eigenvalue weighted by Crippen LogP contribution is 2.48. The Morgan fingerprint density at radius 3 is 2.45 bits per heavy atom. The topological polar surface area (TPSA) is 66.9 Å². The number of hydrogen-bond acceptors (Lipinski definition) is 4. The SMILES string of the molecule is Cc1cc(C)nc(NNC(=O)C2(c3cccc(Br)c3)CC2)n1. The lowest BCUT2D eigenvalue weighted by Gasteiger charge is -2.16. The summed E-state index contributed by atoms with van der Waals surface area (Å²) in [6.45, 7) is 3.79. The Morgan fingerprint density at radius 1 is 1.18 bits per heavy atom. The first-order valence-corrected chi connectivity index (χ1v) is 7.94. The highest BCUT2D eigenvalue weighted by molar-refractivity contribution is 9.10. The number of nitrogens with one attached hydrogen (secondary N) is 2. The van der Waals surface area contributed by atoms with Crippen molar-refractivity contribution in [1.82, 2.24) is 15.4 Å². The third kappa shape index (κ3) is 2.97. The normalized spacial score (nSPS) is 15.2. The zero-order valence-electron chi connectivity index (χ0n) is 12.5. The molecule has 3 rings (SSSR count). The van der Waals surface area contributed by atoms with Gasteiger partial charge in [-0.15, -0.1) is 0 Å². The molecule has 1 amide bonds. The molecule has 0 radical (unpaired) electrons. The van der Waals surface area contributed by atoms with Crippen LogP contribution in [0.5, 0.6) is 0 Å². The van der Waals surface area contributed by atoms with Gasteiger partial charge in [0.2, 0.25) is 11.9 Å². The lowest BCUT2D eigenvalue weighted by atomic mass is 9.95. The lowest BCUT2D eigenvalue weighted by Crippen LogP contribution is -2.39. The number of aryl methyl sites for hydroxylation is 2. The van der Waals surface area contributed by atoms with Gasteiger partial charge >= 0.3 is 0 Å². The van der Waals surface area contributed by atoms with Crippen LogP contribution in [0.15, 0.2) is 34.8 Å². The van der Waals surface area contributed by atoms with Crippen LogP contribution in [0.4, 0.5) is 5.95 Å². The minimum absolute atomic E-state index is 0.0478. The van der Waals surface area contributed by atoms with Crippen molar-refractivity contribution < 1.29 is 4.79 Å². The number of halogens is 1. The van der Waals surface area contributed by atoms with Crippen LogP contribution in [-0.2, 0) is 10.2 Å². The predicted molar refractivity (Wildman–Crippen MR) is 88.3 cm³/mol. The maximum atomic E-state index is 12.5. The number of anilines is 1. The van der Waals surface area contributed by atoms with E-state index in [0.717, 1.165) is 34.3 Å². The number of rotatable bonds is 4. The molecule has 0 atom stereocenters. The van der Waals surface area contributed by atoms with E-state index in [0.29, 0.717) is 5.95 Å². The van der Waals surface area contributed by atoms with Gasteiger partial charge in [0, 0.05) is 15.9 Å². The maximum absolute atomic E-state index is 12.5. The first kappa shape index (κ1) is 15.0. The molecule has 1 aliphatic carbocycles. The van der Waals surface area contributed by atoms with E-state index in [9.17, 15) is 4.79 Å². The summed E-state index contributed by atoms with van der Waals surface area (Å²) < 4.78 is 0.981. The third-order valence-electron chi connectivity index (χ3n) is 3.83. The van der Waals surface area contributed by atoms with Gasteiger partial charge in [-0.2, -0.15) is 0 Å². The second-order valence-electron chi connectivity index (χ2n) is 5.65. The van der Waals surface area contributed by atoms with E-state index in [-0.39, 0.29) is 5.91 Å². The molecule has 0 unspecified atom stereocenters. The number of aromatic nitrogens is 2. The van der Waals surface area contributed by atoms with Crippen molar-refractivity contribution in [3.05, 3.63) is 51.8 Å². The molecular weight excluding hydrogens is 344 g/mol. The van der Waals surface area contributed by atoms with E-state index < -0.39 is 5.41 Å². The summed E-state index contributed by atoms with van der Waals surface area (Å²) in [6.07, 6.45) is 1.70. The van der Waals surface area contributed by atoms with E-state index in [1.807, 2.05) is 44.2 Å². The Balaban J connectivity index is 1.72. The number of carbonyl (C=O) groups excluding carboxylic acids is 1. The number of amides is 1. The van der Waals surface area contributed by atoms with Crippen LogP contribution in [-0.4, -0.2) is 15.9 Å². The maximum Gasteiger partial charge on any atom is 0.249 e. The van der Waals surface area contributed by atoms with Crippen molar-refractivity contribution in [2.45, 2.75) is 32.1 Å². The Morgan fingerprint density at radius 2 is 1.86 bits per heavy atom. The fourth-order valence-electron chi connectivity index (χ4n) is 2.57. The van der Waals surface area contributed by atoms with Gasteiger partial charge in [0.25, 0.3) is 0 Å². The van der Waals surface area contributed by atoms with Crippen LogP contribution in [0.25, 0.3) is 0 Å². The zero-order valence-corrected chi connectivity index (χ0v) is 14.1. The minimum Gasteiger partial charge on any atom is -0.272 e. The monoisotopic (exact) mass is 360 g/mol. The molecule has 0 spiro atoms. The van der Waals surface area contributed by atoms with E-state index in [1.54, 1.807) is 0 Å². The van der Waals surface area contributed by atoms with Crippen molar-refractivity contribution >= 4 is 27.8 Å². The summed E-state index contributed by atoms with van der Waals surface area (Å²) in [6, 6.07) is 9.79. The molecule has 5 nitrogen and oxygen atoms in total. The van der Waals surface area contributed by atoms with Crippen LogP contribution < -0.4 is 10.9 Å². The molecule has 0 bridgehead atoms. The van der Waals surface area contributed by atoms with E-state index in [1.165, 1.54) is 0 Å². The highest BCUT2D eigenvalue weighted by atomic mass is 79.9. The zero-order chi connectivity index (χ0) is 15.7. The van der Waals surface area contributed by atoms with E-state index in [2.05, 4.69) is 36.7 Å². The van der Waals surface area contributed by atoms with Gasteiger partial charge in [-0.05, 0) is 50.5 Å². The summed E-state index contributed by atoms with van der Waals surface area (Å²) in [7, 11) is 0. The fraction of sp³-hybridized carbons (Fsp3) is 0.312. The standard InChI is InChI=1S/C16H17BrN4O/c1-10-8-11(2)19-15(18-10)21-20-14(22)16(6-7-16)12-4-3-5-13(17)9-12/h3-5,8-9H,6-7H2,1-2H3,(H,20,22)(H,18,19,21). The van der Waals surface area contributed by atoms with Gasteiger partial charge in [-0.3, -0.25) is 15.6 Å². The molecule has 1 aliphatic rings. The van der Waals surface area contributed by atoms with Crippen molar-refractivity contribution in [3.63, 3.8) is 0 Å². The Bertz CT molecular complexity index is 708. The van der Waals surface area contributed by atoms with Gasteiger partial charge < -0.3 is 0 Å². The molecule has 6 heteroatoms. The van der Waals surface area contributed by atoms with Gasteiger partial charge in [-0.1, -0.05) is 28.1 Å². The summed E-state index contributed by atoms with van der Waals surface area (Å²) in [5.74, 6) is 0.365. The molecule has 2 N–H and O–H groups in total. The summed E-state index contributed by atoms with van der Waals surface area (Å²) >= 11 is 3.46. The molecule has 1 heterocycles. The highest BCUT2D eigenvalue weighted by Gasteiger charge is 2.51. The molecule has 1 aromatic heterocycles. The van der Waals surface area contributed by atoms with Crippen molar-refractivity contribution in [1.29, 1.82) is 0 Å². The summed E-state index contributed by atoms with van der Waals surface area (Å²) in [5, 5.41) is 0. The van der Waals surface area contributed by atoms with Gasteiger partial charge in [0.1, 0.15) is 0 Å². The third-order valence-corrected chi connectivity index (χ3v) is 4.33. The van der Waals surface area contributed by atoms with Crippen molar-refractivity contribution in [3.8, 4) is 0 Å². The lowest BCUT2D eigenvalue weighted by molar-refractivity contribution is -0.123. The number of benzene rings is 1. The molecule has 2 aromatic rings. The first-order valence-electron chi connectivity index (χ1n) is 7.14. The van der Waals surface area contributed by atoms with Crippen molar-refractivity contribution in [2.75, 3.05) is 5.43 Å². The summed E-state index contributed by atoms with van der Waals surface area (Å²) in [5.41, 5.74) is 7.88. The fourth-order valence-corrected chi connectivity index (χ4v) is 2.97. The quantitative estimate of drug-likeness (QED) is 0.822. The van der Waals surface area contributed by atoms with Gasteiger partial charge in [0.15, 0.2) is 0 Å². The Hall–Kier alpha value is -1.95. The smallest absolute Gasteiger partial charge is 0.249 e. The van der Waals surface area contributed by atoms with E-state index >= 15 is 0 Å². The van der Waals surface area contributed by atoms with Gasteiger partial charge in [-0.25, -0.2) is 9.97 Å². The molecule has 1 aromatic carbocycles. The number of nitrogens with zero attached hydrogens (tertiary/aromatic N) is 2. The number of carbonyl (C=O) groups is 1. The minimum atomic E-state index is -0.435. The molecule has 22 heavy (non-hydrogen) atoms. The average Bonchev–Trinajstić information content (AvgIpc) is 3.25. The molecular formula is C16H17BrN4O. The average molecular weight is 361 g/mol. The van der Waals surface area contributed by atoms with Crippen LogP contribution >= 0.6 is 15.9 Å². The van der Waals surface area contributed by atoms with Crippen LogP contribution in [0, 0.1) is 13.8 Å². The predicted octanol–water partition coefficient (Wildman–Crippen LogP) is 3.03. The molecule has 114 valence electrons. The molecule has 1 saturated carbocycles. The molecule has 0 aliphatic heterocycles. The second-order valence-corrected chi connectivity index (χ2v) is 6.56. The van der Waals surface area contributed by atoms with Crippen LogP contribution in [0.2, 0.25) is 0 Å². The first-order chi connectivity index (χ1) is 10.5. The Labute approximate surface area is 137 Å². The van der Waals surface area contributed by atoms with Crippen LogP contribution in [0.1, 0.15) is 29.8 Å². The second kappa shape index (κ2) is 5.68. The molecule has 0 saturated heterocycles. The van der Waals surface area contributed by atoms with Crippen LogP contribution in [0.3, 0.4) is 0 Å². The largest absolute Gasteiger partial charge is 0.272 e. The van der Waals surface area contributed by atoms with E-state index in [4.69, 9.17) is 0 Å². The molecule has 1 fully saturated rings. The van der Waals surface area contributed by atoms with Crippen molar-refractivity contribution in [2.24, 2.45) is 0 Å². The number of hydrogen-bond donors (Lipinski definition) is 2. The number of hydrazine groups is 1. The Kier molecular flexibility index (Phi) is 3.87. The van der Waals surface area contributed by atoms with Gasteiger partial charge in [0.05, 0.1) is 5.41 Å².